The predicted octanol–water partition coefficient (Wildman–Crippen LogP) is 2.84. The van der Waals surface area contributed by atoms with Gasteiger partial charge in [0.2, 0.25) is 0 Å². The summed E-state index contributed by atoms with van der Waals surface area (Å²) in [5.74, 6) is -0.0794. The zero-order valence-corrected chi connectivity index (χ0v) is 14.0. The summed E-state index contributed by atoms with van der Waals surface area (Å²) in [7, 11) is 0. The smallest absolute Gasteiger partial charge is 0.315 e. The van der Waals surface area contributed by atoms with Crippen molar-refractivity contribution >= 4 is 12.0 Å². The summed E-state index contributed by atoms with van der Waals surface area (Å²) in [6.07, 6.45) is 1.48. The molecule has 1 aromatic carbocycles. The van der Waals surface area contributed by atoms with Gasteiger partial charge in [-0.15, -0.1) is 0 Å². The minimum absolute atomic E-state index is 0.0468. The minimum atomic E-state index is -0.862. The van der Waals surface area contributed by atoms with Crippen LogP contribution in [0.25, 0.3) is 0 Å². The normalized spacial score (nSPS) is 11.6. The molecule has 128 valence electrons. The van der Waals surface area contributed by atoms with E-state index in [1.54, 1.807) is 0 Å². The number of carboxylic acids is 1. The summed E-state index contributed by atoms with van der Waals surface area (Å²) in [5.41, 5.74) is 2.02. The Bertz CT molecular complexity index is 531. The molecule has 6 heteroatoms. The Balaban J connectivity index is 2.49. The Morgan fingerprint density at radius 3 is 2.70 bits per heavy atom. The molecule has 0 bridgehead atoms. The fraction of sp³-hybridized carbons (Fsp3) is 0.529. The molecule has 1 aromatic rings. The Hall–Kier alpha value is -2.24. The maximum atomic E-state index is 11.7. The first-order valence-corrected chi connectivity index (χ1v) is 7.92. The van der Waals surface area contributed by atoms with E-state index in [-0.39, 0.29) is 18.6 Å². The third kappa shape index (κ3) is 7.54. The van der Waals surface area contributed by atoms with E-state index >= 15 is 0 Å². The number of hydrogen-bond acceptors (Lipinski definition) is 3. The summed E-state index contributed by atoms with van der Waals surface area (Å²) >= 11 is 0. The lowest BCUT2D eigenvalue weighted by Gasteiger charge is -2.17. The highest BCUT2D eigenvalue weighted by atomic mass is 16.5. The fourth-order valence-electron chi connectivity index (χ4n) is 1.90. The van der Waals surface area contributed by atoms with Crippen molar-refractivity contribution in [2.45, 2.75) is 52.7 Å². The number of urea groups is 1. The Kier molecular flexibility index (Phi) is 7.94. The van der Waals surface area contributed by atoms with Gasteiger partial charge in [-0.2, -0.15) is 0 Å². The predicted molar refractivity (Wildman–Crippen MR) is 88.7 cm³/mol. The van der Waals surface area contributed by atoms with Gasteiger partial charge in [0, 0.05) is 25.1 Å². The van der Waals surface area contributed by atoms with Gasteiger partial charge < -0.3 is 20.5 Å². The molecular formula is C17H26N2O4. The highest BCUT2D eigenvalue weighted by Gasteiger charge is 2.09. The van der Waals surface area contributed by atoms with Crippen LogP contribution in [-0.4, -0.2) is 29.8 Å². The first-order valence-electron chi connectivity index (χ1n) is 7.92. The molecule has 0 spiro atoms. The minimum Gasteiger partial charge on any atom is -0.490 e. The van der Waals surface area contributed by atoms with Crippen molar-refractivity contribution in [1.29, 1.82) is 0 Å². The van der Waals surface area contributed by atoms with Crippen molar-refractivity contribution in [2.75, 3.05) is 6.54 Å². The van der Waals surface area contributed by atoms with E-state index in [1.165, 1.54) is 0 Å². The monoisotopic (exact) mass is 322 g/mol. The fourth-order valence-corrected chi connectivity index (χ4v) is 1.90. The second-order valence-corrected chi connectivity index (χ2v) is 5.55. The summed E-state index contributed by atoms with van der Waals surface area (Å²) < 4.78 is 5.90. The molecule has 0 aliphatic carbocycles. The third-order valence-electron chi connectivity index (χ3n) is 3.42. The zero-order chi connectivity index (χ0) is 17.2. The lowest BCUT2D eigenvalue weighted by molar-refractivity contribution is -0.137. The molecule has 0 saturated heterocycles. The van der Waals surface area contributed by atoms with E-state index in [1.807, 2.05) is 32.0 Å². The number of nitrogens with one attached hydrogen (secondary N) is 2. The summed E-state index contributed by atoms with van der Waals surface area (Å²) in [5, 5.41) is 13.9. The van der Waals surface area contributed by atoms with Gasteiger partial charge in [-0.3, -0.25) is 4.79 Å². The first kappa shape index (κ1) is 18.8. The molecule has 0 aliphatic rings. The second-order valence-electron chi connectivity index (χ2n) is 5.55. The summed E-state index contributed by atoms with van der Waals surface area (Å²) in [6.45, 7) is 6.76. The molecule has 1 rings (SSSR count). The number of carbonyl (C=O) groups is 2. The van der Waals surface area contributed by atoms with Crippen LogP contribution in [0.1, 0.15) is 44.2 Å². The molecule has 0 saturated carbocycles. The molecule has 6 nitrogen and oxygen atoms in total. The van der Waals surface area contributed by atoms with Crippen LogP contribution in [0.2, 0.25) is 0 Å². The van der Waals surface area contributed by atoms with E-state index in [4.69, 9.17) is 9.84 Å². The average Bonchev–Trinajstić information content (AvgIpc) is 2.50. The number of aliphatic carboxylic acids is 1. The van der Waals surface area contributed by atoms with E-state index in [0.29, 0.717) is 19.5 Å². The van der Waals surface area contributed by atoms with Crippen LogP contribution < -0.4 is 15.4 Å². The molecule has 3 N–H and O–H groups in total. The molecule has 1 atom stereocenters. The van der Waals surface area contributed by atoms with Crippen molar-refractivity contribution in [3.05, 3.63) is 29.3 Å². The van der Waals surface area contributed by atoms with Crippen molar-refractivity contribution < 1.29 is 19.4 Å². The van der Waals surface area contributed by atoms with Gasteiger partial charge in [-0.1, -0.05) is 19.1 Å². The van der Waals surface area contributed by atoms with Crippen LogP contribution in [0.4, 0.5) is 4.79 Å². The highest BCUT2D eigenvalue weighted by Crippen LogP contribution is 2.22. The Labute approximate surface area is 137 Å². The van der Waals surface area contributed by atoms with E-state index in [0.717, 1.165) is 23.3 Å². The van der Waals surface area contributed by atoms with Crippen molar-refractivity contribution in [3.8, 4) is 5.75 Å². The van der Waals surface area contributed by atoms with Crippen molar-refractivity contribution in [3.63, 3.8) is 0 Å². The molecule has 0 aliphatic heterocycles. The molecule has 0 radical (unpaired) electrons. The van der Waals surface area contributed by atoms with Crippen LogP contribution in [0.15, 0.2) is 18.2 Å². The van der Waals surface area contributed by atoms with E-state index in [2.05, 4.69) is 17.6 Å². The molecular weight excluding hydrogens is 296 g/mol. The van der Waals surface area contributed by atoms with Gasteiger partial charge in [-0.25, -0.2) is 4.79 Å². The third-order valence-corrected chi connectivity index (χ3v) is 3.42. The van der Waals surface area contributed by atoms with Gasteiger partial charge in [0.05, 0.1) is 6.10 Å². The number of hydrogen-bond donors (Lipinski definition) is 3. The van der Waals surface area contributed by atoms with E-state index in [9.17, 15) is 9.59 Å². The summed E-state index contributed by atoms with van der Waals surface area (Å²) in [6, 6.07) is 5.57. The van der Waals surface area contributed by atoms with Crippen molar-refractivity contribution in [1.82, 2.24) is 10.6 Å². The summed E-state index contributed by atoms with van der Waals surface area (Å²) in [4.78, 5) is 22.1. The second kappa shape index (κ2) is 9.71. The maximum absolute atomic E-state index is 11.7. The number of benzene rings is 1. The first-order chi connectivity index (χ1) is 10.9. The largest absolute Gasteiger partial charge is 0.490 e. The number of carboxylic acid groups (broad SMARTS) is 1. The SMILES string of the molecule is CCC(C)Oc1cc(C)ccc1CNC(=O)NCCCC(=O)O. The van der Waals surface area contributed by atoms with Crippen LogP contribution in [0.3, 0.4) is 0 Å². The van der Waals surface area contributed by atoms with Gasteiger partial charge >= 0.3 is 12.0 Å². The number of aryl methyl sites for hydroxylation is 1. The number of amides is 2. The molecule has 0 aromatic heterocycles. The standard InChI is InChI=1S/C17H26N2O4/c1-4-13(3)23-15-10-12(2)7-8-14(15)11-19-17(22)18-9-5-6-16(20)21/h7-8,10,13H,4-6,9,11H2,1-3H3,(H,20,21)(H2,18,19,22). The Morgan fingerprint density at radius 2 is 2.04 bits per heavy atom. The average molecular weight is 322 g/mol. The molecule has 0 heterocycles. The lowest BCUT2D eigenvalue weighted by Crippen LogP contribution is -2.35. The number of rotatable bonds is 9. The zero-order valence-electron chi connectivity index (χ0n) is 14.0. The Morgan fingerprint density at radius 1 is 1.30 bits per heavy atom. The molecule has 23 heavy (non-hydrogen) atoms. The molecule has 2 amide bonds. The number of ether oxygens (including phenoxy) is 1. The van der Waals surface area contributed by atoms with Gasteiger partial charge in [0.25, 0.3) is 0 Å². The topological polar surface area (TPSA) is 87.7 Å². The molecule has 1 unspecified atom stereocenters. The van der Waals surface area contributed by atoms with Gasteiger partial charge in [0.1, 0.15) is 5.75 Å². The van der Waals surface area contributed by atoms with Gasteiger partial charge in [-0.05, 0) is 38.3 Å². The van der Waals surface area contributed by atoms with Gasteiger partial charge in [0.15, 0.2) is 0 Å². The maximum Gasteiger partial charge on any atom is 0.315 e. The van der Waals surface area contributed by atoms with Crippen LogP contribution in [0, 0.1) is 6.92 Å². The number of carbonyl (C=O) groups excluding carboxylic acids is 1. The van der Waals surface area contributed by atoms with Crippen LogP contribution in [-0.2, 0) is 11.3 Å². The quantitative estimate of drug-likeness (QED) is 0.610. The van der Waals surface area contributed by atoms with Crippen molar-refractivity contribution in [2.24, 2.45) is 0 Å². The van der Waals surface area contributed by atoms with Crippen LogP contribution in [0.5, 0.6) is 5.75 Å². The molecule has 0 fully saturated rings. The lowest BCUT2D eigenvalue weighted by atomic mass is 10.1. The van der Waals surface area contributed by atoms with E-state index < -0.39 is 5.97 Å². The van der Waals surface area contributed by atoms with Crippen LogP contribution >= 0.6 is 0 Å². The highest BCUT2D eigenvalue weighted by molar-refractivity contribution is 5.74.